The molecule has 1 aromatic heterocycles. The molecule has 0 unspecified atom stereocenters. The first kappa shape index (κ1) is 18.1. The number of likely N-dealkylation sites (tertiary alicyclic amines) is 1. The van der Waals surface area contributed by atoms with Crippen LogP contribution >= 0.6 is 0 Å². The summed E-state index contributed by atoms with van der Waals surface area (Å²) < 4.78 is 0. The number of hydrogen-bond donors (Lipinski definition) is 0. The summed E-state index contributed by atoms with van der Waals surface area (Å²) in [5.74, 6) is 0.112. The van der Waals surface area contributed by atoms with E-state index in [-0.39, 0.29) is 5.91 Å². The average Bonchev–Trinajstić information content (AvgIpc) is 2.68. The topological polar surface area (TPSA) is 39.7 Å². The quantitative estimate of drug-likeness (QED) is 0.769. The van der Waals surface area contributed by atoms with Gasteiger partial charge in [-0.2, -0.15) is 0 Å². The predicted octanol–water partition coefficient (Wildman–Crippen LogP) is 2.11. The zero-order valence-electron chi connectivity index (χ0n) is 15.3. The van der Waals surface area contributed by atoms with Gasteiger partial charge in [0.15, 0.2) is 0 Å². The molecule has 136 valence electrons. The van der Waals surface area contributed by atoms with E-state index in [4.69, 9.17) is 0 Å². The van der Waals surface area contributed by atoms with Gasteiger partial charge in [-0.25, -0.2) is 0 Å². The van der Waals surface area contributed by atoms with Crippen LogP contribution in [-0.2, 0) is 4.79 Å². The highest BCUT2D eigenvalue weighted by Gasteiger charge is 2.28. The second-order valence-electron chi connectivity index (χ2n) is 7.05. The third-order valence-corrected chi connectivity index (χ3v) is 5.34. The highest BCUT2D eigenvalue weighted by molar-refractivity contribution is 5.91. The highest BCUT2D eigenvalue weighted by atomic mass is 16.2. The van der Waals surface area contributed by atoms with Gasteiger partial charge >= 0.3 is 0 Å². The molecule has 1 amide bonds. The fourth-order valence-electron chi connectivity index (χ4n) is 3.88. The summed E-state index contributed by atoms with van der Waals surface area (Å²) in [6.07, 6.45) is 10.8. The Kier molecular flexibility index (Phi) is 6.59. The Balaban J connectivity index is 1.43. The Morgan fingerprint density at radius 1 is 1.20 bits per heavy atom. The van der Waals surface area contributed by atoms with Gasteiger partial charge in [-0.1, -0.05) is 13.0 Å². The van der Waals surface area contributed by atoms with Crippen LogP contribution in [0.15, 0.2) is 30.6 Å². The molecule has 3 heterocycles. The Bertz CT molecular complexity index is 558. The number of piperazine rings is 1. The van der Waals surface area contributed by atoms with Crippen LogP contribution in [0, 0.1) is 0 Å². The zero-order chi connectivity index (χ0) is 17.5. The number of carbonyl (C=O) groups excluding carboxylic acids is 1. The maximum atomic E-state index is 12.4. The van der Waals surface area contributed by atoms with Crippen LogP contribution in [0.25, 0.3) is 6.08 Å². The molecule has 2 aliphatic heterocycles. The van der Waals surface area contributed by atoms with Crippen molar-refractivity contribution in [3.8, 4) is 0 Å². The Hall–Kier alpha value is -1.72. The van der Waals surface area contributed by atoms with Crippen LogP contribution in [-0.4, -0.2) is 77.4 Å². The molecule has 0 aliphatic carbocycles. The van der Waals surface area contributed by atoms with Crippen molar-refractivity contribution in [3.05, 3.63) is 36.2 Å². The number of pyridine rings is 1. The Morgan fingerprint density at radius 2 is 1.96 bits per heavy atom. The van der Waals surface area contributed by atoms with E-state index in [0.29, 0.717) is 6.04 Å². The SMILES string of the molecule is CCCN1CCC(N2CCN(C(=O)/C=C\c3cccnc3)CC2)CC1. The molecule has 5 nitrogen and oxygen atoms in total. The highest BCUT2D eigenvalue weighted by Crippen LogP contribution is 2.18. The van der Waals surface area contributed by atoms with E-state index in [9.17, 15) is 4.79 Å². The number of nitrogens with zero attached hydrogens (tertiary/aromatic N) is 4. The molecule has 0 saturated carbocycles. The van der Waals surface area contributed by atoms with Gasteiger partial charge in [-0.3, -0.25) is 14.7 Å². The maximum absolute atomic E-state index is 12.4. The lowest BCUT2D eigenvalue weighted by molar-refractivity contribution is -0.128. The largest absolute Gasteiger partial charge is 0.337 e. The maximum Gasteiger partial charge on any atom is 0.246 e. The van der Waals surface area contributed by atoms with Crippen molar-refractivity contribution in [2.75, 3.05) is 45.8 Å². The first-order chi connectivity index (χ1) is 12.3. The molecule has 0 aromatic carbocycles. The molecule has 3 rings (SSSR count). The Labute approximate surface area is 151 Å². The van der Waals surface area contributed by atoms with Gasteiger partial charge in [0.2, 0.25) is 5.91 Å². The van der Waals surface area contributed by atoms with E-state index in [2.05, 4.69) is 21.7 Å². The van der Waals surface area contributed by atoms with Crippen LogP contribution in [0.4, 0.5) is 0 Å². The number of piperidine rings is 1. The molecule has 0 radical (unpaired) electrons. The number of carbonyl (C=O) groups is 1. The van der Waals surface area contributed by atoms with E-state index >= 15 is 0 Å². The van der Waals surface area contributed by atoms with Crippen molar-refractivity contribution in [1.29, 1.82) is 0 Å². The molecule has 0 atom stereocenters. The van der Waals surface area contributed by atoms with E-state index in [1.807, 2.05) is 23.1 Å². The molecule has 2 fully saturated rings. The molecule has 2 saturated heterocycles. The van der Waals surface area contributed by atoms with E-state index in [0.717, 1.165) is 31.7 Å². The lowest BCUT2D eigenvalue weighted by Gasteiger charge is -2.42. The molecule has 0 spiro atoms. The summed E-state index contributed by atoms with van der Waals surface area (Å²) in [5, 5.41) is 0. The summed E-state index contributed by atoms with van der Waals surface area (Å²) in [6, 6.07) is 4.55. The molecular formula is C20H30N4O. The number of amides is 1. The predicted molar refractivity (Wildman–Crippen MR) is 101 cm³/mol. The van der Waals surface area contributed by atoms with Crippen molar-refractivity contribution < 1.29 is 4.79 Å². The summed E-state index contributed by atoms with van der Waals surface area (Å²) in [4.78, 5) is 23.6. The first-order valence-electron chi connectivity index (χ1n) is 9.59. The normalized spacial score (nSPS) is 21.1. The molecular weight excluding hydrogens is 312 g/mol. The van der Waals surface area contributed by atoms with Gasteiger partial charge in [0.25, 0.3) is 0 Å². The van der Waals surface area contributed by atoms with Gasteiger partial charge in [-0.05, 0) is 56.6 Å². The minimum absolute atomic E-state index is 0.112. The van der Waals surface area contributed by atoms with E-state index in [1.165, 1.54) is 38.9 Å². The lowest BCUT2D eigenvalue weighted by atomic mass is 10.0. The molecule has 1 aromatic rings. The number of rotatable bonds is 5. The average molecular weight is 342 g/mol. The molecule has 2 aliphatic rings. The smallest absolute Gasteiger partial charge is 0.246 e. The third kappa shape index (κ3) is 5.13. The van der Waals surface area contributed by atoms with Gasteiger partial charge in [0.1, 0.15) is 0 Å². The van der Waals surface area contributed by atoms with Gasteiger partial charge in [0.05, 0.1) is 0 Å². The fourth-order valence-corrected chi connectivity index (χ4v) is 3.88. The second kappa shape index (κ2) is 9.11. The monoisotopic (exact) mass is 342 g/mol. The van der Waals surface area contributed by atoms with E-state index < -0.39 is 0 Å². The number of hydrogen-bond acceptors (Lipinski definition) is 4. The molecule has 0 N–H and O–H groups in total. The molecule has 0 bridgehead atoms. The zero-order valence-corrected chi connectivity index (χ0v) is 15.3. The van der Waals surface area contributed by atoms with Gasteiger partial charge < -0.3 is 9.80 Å². The standard InChI is InChI=1S/C20H30N4O/c1-2-10-22-11-7-19(8-12-22)23-13-15-24(16-14-23)20(25)6-5-18-4-3-9-21-17-18/h3-6,9,17,19H,2,7-8,10-16H2,1H3/b6-5-. The van der Waals surface area contributed by atoms with E-state index in [1.54, 1.807) is 18.5 Å². The number of aromatic nitrogens is 1. The summed E-state index contributed by atoms with van der Waals surface area (Å²) >= 11 is 0. The molecule has 25 heavy (non-hydrogen) atoms. The van der Waals surface area contributed by atoms with Crippen LogP contribution in [0.2, 0.25) is 0 Å². The van der Waals surface area contributed by atoms with Crippen molar-refractivity contribution in [3.63, 3.8) is 0 Å². The molecule has 5 heteroatoms. The fraction of sp³-hybridized carbons (Fsp3) is 0.600. The van der Waals surface area contributed by atoms with Gasteiger partial charge in [-0.15, -0.1) is 0 Å². The van der Waals surface area contributed by atoms with Crippen LogP contribution in [0.1, 0.15) is 31.7 Å². The van der Waals surface area contributed by atoms with Gasteiger partial charge in [0, 0.05) is 50.7 Å². The van der Waals surface area contributed by atoms with Crippen LogP contribution in [0.3, 0.4) is 0 Å². The van der Waals surface area contributed by atoms with Crippen LogP contribution in [0.5, 0.6) is 0 Å². The minimum Gasteiger partial charge on any atom is -0.337 e. The van der Waals surface area contributed by atoms with Crippen molar-refractivity contribution in [2.24, 2.45) is 0 Å². The minimum atomic E-state index is 0.112. The van der Waals surface area contributed by atoms with Crippen molar-refractivity contribution in [1.82, 2.24) is 19.7 Å². The Morgan fingerprint density at radius 3 is 2.60 bits per heavy atom. The summed E-state index contributed by atoms with van der Waals surface area (Å²) in [5.41, 5.74) is 0.966. The van der Waals surface area contributed by atoms with Crippen molar-refractivity contribution >= 4 is 12.0 Å². The van der Waals surface area contributed by atoms with Crippen molar-refractivity contribution in [2.45, 2.75) is 32.2 Å². The lowest BCUT2D eigenvalue weighted by Crippen LogP contribution is -2.54. The first-order valence-corrected chi connectivity index (χ1v) is 9.59. The van der Waals surface area contributed by atoms with Crippen LogP contribution < -0.4 is 0 Å². The second-order valence-corrected chi connectivity index (χ2v) is 7.05. The third-order valence-electron chi connectivity index (χ3n) is 5.34. The summed E-state index contributed by atoms with van der Waals surface area (Å²) in [7, 11) is 0. The summed E-state index contributed by atoms with van der Waals surface area (Å²) in [6.45, 7) is 9.63.